The molecule has 0 saturated heterocycles. The van der Waals surface area contributed by atoms with Crippen LogP contribution in [0.4, 0.5) is 0 Å². The maximum absolute atomic E-state index is 5.61. The zero-order chi connectivity index (χ0) is 24.6. The molecule has 0 N–H and O–H groups in total. The van der Waals surface area contributed by atoms with E-state index in [0.717, 1.165) is 26.1 Å². The third-order valence-corrected chi connectivity index (χ3v) is 5.27. The van der Waals surface area contributed by atoms with Crippen LogP contribution in [0.25, 0.3) is 0 Å². The van der Waals surface area contributed by atoms with Crippen LogP contribution in [0.1, 0.15) is 84.5 Å². The Bertz CT molecular complexity index is 313. The number of hydrogen-bond donors (Lipinski definition) is 0. The number of hydrogen-bond acceptors (Lipinski definition) is 7. The molecular weight excluding hydrogens is 436 g/mol. The molecule has 0 aliphatic rings. The minimum Gasteiger partial charge on any atom is -0.379 e. The van der Waals surface area contributed by atoms with Crippen molar-refractivity contribution in [1.29, 1.82) is 0 Å². The molecule has 0 aromatic heterocycles. The van der Waals surface area contributed by atoms with E-state index >= 15 is 0 Å². The maximum Gasteiger partial charge on any atom is 0.0701 e. The monoisotopic (exact) mass is 492 g/mol. The average Bonchev–Trinajstić information content (AvgIpc) is 2.85. The molecule has 0 saturated carbocycles. The molecule has 0 amide bonds. The van der Waals surface area contributed by atoms with Crippen molar-refractivity contribution < 1.29 is 33.2 Å². The van der Waals surface area contributed by atoms with Gasteiger partial charge in [0.1, 0.15) is 0 Å². The fourth-order valence-corrected chi connectivity index (χ4v) is 3.21. The Kier molecular flexibility index (Phi) is 32.5. The predicted molar refractivity (Wildman–Crippen MR) is 138 cm³/mol. The summed E-state index contributed by atoms with van der Waals surface area (Å²) >= 11 is 0. The van der Waals surface area contributed by atoms with Crippen molar-refractivity contribution in [3.05, 3.63) is 0 Å². The molecule has 0 bridgehead atoms. The summed E-state index contributed by atoms with van der Waals surface area (Å²) in [6, 6.07) is 0. The van der Waals surface area contributed by atoms with Gasteiger partial charge >= 0.3 is 0 Å². The van der Waals surface area contributed by atoms with Gasteiger partial charge in [0.05, 0.1) is 79.3 Å². The summed E-state index contributed by atoms with van der Waals surface area (Å²) < 4.78 is 38.5. The van der Waals surface area contributed by atoms with Gasteiger partial charge in [-0.3, -0.25) is 0 Å². The summed E-state index contributed by atoms with van der Waals surface area (Å²) in [5, 5.41) is 0. The van der Waals surface area contributed by atoms with E-state index in [0.29, 0.717) is 79.3 Å². The lowest BCUT2D eigenvalue weighted by Crippen LogP contribution is -2.14. The fourth-order valence-electron chi connectivity index (χ4n) is 3.21. The van der Waals surface area contributed by atoms with Gasteiger partial charge in [-0.2, -0.15) is 0 Å². The highest BCUT2D eigenvalue weighted by Gasteiger charge is 1.96. The van der Waals surface area contributed by atoms with Crippen molar-refractivity contribution in [3.63, 3.8) is 0 Å². The lowest BCUT2D eigenvalue weighted by Gasteiger charge is -2.08. The van der Waals surface area contributed by atoms with Crippen LogP contribution in [0.15, 0.2) is 0 Å². The lowest BCUT2D eigenvalue weighted by atomic mass is 10.1. The number of unbranched alkanes of at least 4 members (excludes halogenated alkanes) is 9. The first kappa shape index (κ1) is 33.7. The van der Waals surface area contributed by atoms with Crippen LogP contribution in [-0.2, 0) is 33.2 Å². The van der Waals surface area contributed by atoms with E-state index in [1.807, 2.05) is 0 Å². The van der Waals surface area contributed by atoms with E-state index in [1.54, 1.807) is 0 Å². The summed E-state index contributed by atoms with van der Waals surface area (Å²) in [7, 11) is 0. The molecule has 34 heavy (non-hydrogen) atoms. The van der Waals surface area contributed by atoms with Gasteiger partial charge < -0.3 is 33.2 Å². The summed E-state index contributed by atoms with van der Waals surface area (Å²) in [6.07, 6.45) is 14.2. The van der Waals surface area contributed by atoms with Crippen molar-refractivity contribution >= 4 is 0 Å². The van der Waals surface area contributed by atoms with Crippen molar-refractivity contribution in [2.45, 2.75) is 84.5 Å². The first-order valence-electron chi connectivity index (χ1n) is 14.0. The molecule has 0 unspecified atom stereocenters. The van der Waals surface area contributed by atoms with Crippen molar-refractivity contribution in [2.24, 2.45) is 0 Å². The first-order chi connectivity index (χ1) is 16.9. The van der Waals surface area contributed by atoms with Crippen LogP contribution in [0.3, 0.4) is 0 Å². The minimum absolute atomic E-state index is 0.566. The standard InChI is InChI=1S/C27H56O7/c1-3-5-7-8-9-10-11-13-15-29-17-19-31-21-23-33-25-27-34-26-24-32-22-20-30-18-16-28-14-12-6-4-2/h3-27H2,1-2H3. The van der Waals surface area contributed by atoms with Crippen LogP contribution in [-0.4, -0.2) is 92.5 Å². The number of rotatable bonds is 31. The maximum atomic E-state index is 5.61. The van der Waals surface area contributed by atoms with E-state index in [9.17, 15) is 0 Å². The fraction of sp³-hybridized carbons (Fsp3) is 1.00. The molecule has 206 valence electrons. The second-order valence-electron chi connectivity index (χ2n) is 8.47. The molecule has 0 fully saturated rings. The van der Waals surface area contributed by atoms with Gasteiger partial charge in [0.15, 0.2) is 0 Å². The Hall–Kier alpha value is -0.280. The molecule has 0 aromatic carbocycles. The van der Waals surface area contributed by atoms with Gasteiger partial charge in [0.25, 0.3) is 0 Å². The molecule has 0 spiro atoms. The molecule has 7 heteroatoms. The van der Waals surface area contributed by atoms with Crippen molar-refractivity contribution in [1.82, 2.24) is 0 Å². The molecule has 0 aliphatic heterocycles. The van der Waals surface area contributed by atoms with Crippen molar-refractivity contribution in [2.75, 3.05) is 92.5 Å². The van der Waals surface area contributed by atoms with E-state index in [2.05, 4.69) is 13.8 Å². The topological polar surface area (TPSA) is 64.6 Å². The van der Waals surface area contributed by atoms with Gasteiger partial charge in [-0.25, -0.2) is 0 Å². The largest absolute Gasteiger partial charge is 0.379 e. The zero-order valence-corrected chi connectivity index (χ0v) is 22.5. The lowest BCUT2D eigenvalue weighted by molar-refractivity contribution is -0.0206. The van der Waals surface area contributed by atoms with Crippen LogP contribution < -0.4 is 0 Å². The van der Waals surface area contributed by atoms with E-state index in [-0.39, 0.29) is 0 Å². The van der Waals surface area contributed by atoms with Gasteiger partial charge in [-0.05, 0) is 12.8 Å². The highest BCUT2D eigenvalue weighted by atomic mass is 16.6. The molecule has 7 nitrogen and oxygen atoms in total. The second-order valence-corrected chi connectivity index (χ2v) is 8.47. The normalized spacial score (nSPS) is 11.5. The molecule has 0 aromatic rings. The smallest absolute Gasteiger partial charge is 0.0701 e. The predicted octanol–water partition coefficient (Wildman–Crippen LogP) is 5.43. The van der Waals surface area contributed by atoms with E-state index in [4.69, 9.17) is 33.2 Å². The van der Waals surface area contributed by atoms with E-state index < -0.39 is 0 Å². The molecule has 0 radical (unpaired) electrons. The molecule has 0 heterocycles. The summed E-state index contributed by atoms with van der Waals surface area (Å²) in [5.41, 5.74) is 0. The third kappa shape index (κ3) is 31.7. The highest BCUT2D eigenvalue weighted by molar-refractivity contribution is 4.46. The van der Waals surface area contributed by atoms with Gasteiger partial charge in [0.2, 0.25) is 0 Å². The van der Waals surface area contributed by atoms with E-state index in [1.165, 1.54) is 57.8 Å². The molecule has 0 aliphatic carbocycles. The van der Waals surface area contributed by atoms with Gasteiger partial charge in [-0.1, -0.05) is 71.6 Å². The Morgan fingerprint density at radius 1 is 0.235 bits per heavy atom. The van der Waals surface area contributed by atoms with Gasteiger partial charge in [0, 0.05) is 13.2 Å². The van der Waals surface area contributed by atoms with Crippen LogP contribution in [0.5, 0.6) is 0 Å². The van der Waals surface area contributed by atoms with Crippen LogP contribution in [0, 0.1) is 0 Å². The van der Waals surface area contributed by atoms with Gasteiger partial charge in [-0.15, -0.1) is 0 Å². The van der Waals surface area contributed by atoms with Crippen LogP contribution in [0.2, 0.25) is 0 Å². The zero-order valence-electron chi connectivity index (χ0n) is 22.5. The summed E-state index contributed by atoms with van der Waals surface area (Å²) in [4.78, 5) is 0. The van der Waals surface area contributed by atoms with Crippen molar-refractivity contribution in [3.8, 4) is 0 Å². The Morgan fingerprint density at radius 3 is 0.765 bits per heavy atom. The Morgan fingerprint density at radius 2 is 0.441 bits per heavy atom. The van der Waals surface area contributed by atoms with Crippen LogP contribution >= 0.6 is 0 Å². The second kappa shape index (κ2) is 32.7. The minimum atomic E-state index is 0.566. The quantitative estimate of drug-likeness (QED) is 0.120. The number of ether oxygens (including phenoxy) is 7. The molecule has 0 atom stereocenters. The average molecular weight is 493 g/mol. The Balaban J connectivity index is 2.99. The Labute approximate surface area is 210 Å². The SMILES string of the molecule is CCCCCCCCCCOCCOCCOCCOCCOCCOCCOCCCCC. The summed E-state index contributed by atoms with van der Waals surface area (Å²) in [5.74, 6) is 0. The third-order valence-electron chi connectivity index (χ3n) is 5.27. The highest BCUT2D eigenvalue weighted by Crippen LogP contribution is 2.08. The first-order valence-corrected chi connectivity index (χ1v) is 14.0. The molecular formula is C27H56O7. The molecule has 0 rings (SSSR count). The summed E-state index contributed by atoms with van der Waals surface area (Å²) in [6.45, 7) is 13.3.